The molecule has 0 saturated heterocycles. The zero-order valence-electron chi connectivity index (χ0n) is 13.1. The second-order valence-corrected chi connectivity index (χ2v) is 6.03. The van der Waals surface area contributed by atoms with Gasteiger partial charge in [-0.2, -0.15) is 0 Å². The van der Waals surface area contributed by atoms with Crippen LogP contribution in [0.1, 0.15) is 16.8 Å². The fraction of sp³-hybridized carbons (Fsp3) is 0.0526. The van der Waals surface area contributed by atoms with Gasteiger partial charge in [0, 0.05) is 22.4 Å². The third-order valence-electron chi connectivity index (χ3n) is 3.95. The lowest BCUT2D eigenvalue weighted by Crippen LogP contribution is -2.04. The number of halogens is 1. The number of H-pyrrole nitrogens is 2. The average molecular weight is 352 g/mol. The first kappa shape index (κ1) is 15.5. The zero-order chi connectivity index (χ0) is 17.2. The topological polar surface area (TPSA) is 70.2 Å². The van der Waals surface area contributed by atoms with Crippen LogP contribution in [-0.2, 0) is 6.61 Å². The highest BCUT2D eigenvalue weighted by molar-refractivity contribution is 6.30. The average Bonchev–Trinajstić information content (AvgIpc) is 3.20. The first-order valence-corrected chi connectivity index (χ1v) is 8.11. The van der Waals surface area contributed by atoms with Gasteiger partial charge in [-0.25, -0.2) is 0 Å². The second kappa shape index (κ2) is 6.45. The highest BCUT2D eigenvalue weighted by atomic mass is 35.5. The summed E-state index contributed by atoms with van der Waals surface area (Å²) in [6.45, 7) is 0.234. The van der Waals surface area contributed by atoms with Crippen molar-refractivity contribution in [2.75, 3.05) is 0 Å². The summed E-state index contributed by atoms with van der Waals surface area (Å²) < 4.78 is 5.72. The van der Waals surface area contributed by atoms with Crippen LogP contribution in [0.3, 0.4) is 0 Å². The van der Waals surface area contributed by atoms with E-state index in [1.807, 2.05) is 30.3 Å². The summed E-state index contributed by atoms with van der Waals surface area (Å²) in [5.74, 6) is 0.679. The lowest BCUT2D eigenvalue weighted by Gasteiger charge is -2.05. The zero-order valence-corrected chi connectivity index (χ0v) is 13.9. The Labute approximate surface area is 148 Å². The van der Waals surface area contributed by atoms with E-state index >= 15 is 0 Å². The minimum atomic E-state index is -0.194. The normalized spacial score (nSPS) is 14.0. The highest BCUT2D eigenvalue weighted by Crippen LogP contribution is 2.32. The number of nitrogens with one attached hydrogen (secondary N) is 2. The van der Waals surface area contributed by atoms with E-state index < -0.39 is 0 Å². The molecular formula is C19H14ClN3O2. The Morgan fingerprint density at radius 3 is 2.72 bits per heavy atom. The number of nitrogens with zero attached hydrogens (tertiary/aromatic N) is 1. The SMILES string of the molecule is O=c1[nH][nH]c(COc2ccc(Cl)cc2)c1/C=C1/C=Nc2ccccc21. The second-order valence-electron chi connectivity index (χ2n) is 5.59. The van der Waals surface area contributed by atoms with Crippen LogP contribution in [0.5, 0.6) is 5.75 Å². The molecule has 1 aliphatic rings. The highest BCUT2D eigenvalue weighted by Gasteiger charge is 2.14. The number of aliphatic imine (C=N–C) groups is 1. The molecule has 0 spiro atoms. The maximum absolute atomic E-state index is 12.1. The van der Waals surface area contributed by atoms with E-state index in [1.165, 1.54) is 0 Å². The molecule has 124 valence electrons. The summed E-state index contributed by atoms with van der Waals surface area (Å²) in [5.41, 5.74) is 3.82. The predicted molar refractivity (Wildman–Crippen MR) is 99.7 cm³/mol. The standard InChI is InChI=1S/C19H14ClN3O2/c20-13-5-7-14(8-6-13)25-11-18-16(19(24)23-22-18)9-12-10-21-17-4-2-1-3-15(12)17/h1-10H,11H2,(H2,22,23,24)/b12-9-. The third kappa shape index (κ3) is 3.14. The van der Waals surface area contributed by atoms with Crippen LogP contribution < -0.4 is 10.3 Å². The Morgan fingerprint density at radius 1 is 1.08 bits per heavy atom. The van der Waals surface area contributed by atoms with Gasteiger partial charge in [0.15, 0.2) is 0 Å². The maximum atomic E-state index is 12.1. The van der Waals surface area contributed by atoms with E-state index in [-0.39, 0.29) is 12.2 Å². The van der Waals surface area contributed by atoms with Crippen LogP contribution in [-0.4, -0.2) is 16.4 Å². The molecular weight excluding hydrogens is 338 g/mol. The van der Waals surface area contributed by atoms with Gasteiger partial charge in [0.2, 0.25) is 0 Å². The Bertz CT molecular complexity index is 1030. The van der Waals surface area contributed by atoms with E-state index in [0.717, 1.165) is 16.8 Å². The van der Waals surface area contributed by atoms with Crippen LogP contribution >= 0.6 is 11.6 Å². The molecule has 0 atom stereocenters. The molecule has 1 aromatic heterocycles. The number of fused-ring (bicyclic) bond motifs is 1. The molecule has 2 aromatic carbocycles. The van der Waals surface area contributed by atoms with Crippen LogP contribution in [0.15, 0.2) is 58.3 Å². The number of aromatic amines is 2. The van der Waals surface area contributed by atoms with E-state index in [4.69, 9.17) is 16.3 Å². The van der Waals surface area contributed by atoms with Crippen molar-refractivity contribution in [2.45, 2.75) is 6.61 Å². The first-order chi connectivity index (χ1) is 12.2. The van der Waals surface area contributed by atoms with E-state index in [9.17, 15) is 4.79 Å². The molecule has 0 aliphatic carbocycles. The van der Waals surface area contributed by atoms with Gasteiger partial charge in [0.05, 0.1) is 16.9 Å². The summed E-state index contributed by atoms with van der Waals surface area (Å²) in [6.07, 6.45) is 3.59. The maximum Gasteiger partial charge on any atom is 0.271 e. The van der Waals surface area contributed by atoms with Gasteiger partial charge >= 0.3 is 0 Å². The number of rotatable bonds is 4. The molecule has 0 amide bonds. The van der Waals surface area contributed by atoms with Gasteiger partial charge in [-0.3, -0.25) is 20.0 Å². The van der Waals surface area contributed by atoms with Gasteiger partial charge in [-0.1, -0.05) is 29.8 Å². The van der Waals surface area contributed by atoms with Crippen molar-refractivity contribution in [3.05, 3.63) is 80.7 Å². The fourth-order valence-corrected chi connectivity index (χ4v) is 2.79. The minimum absolute atomic E-state index is 0.194. The van der Waals surface area contributed by atoms with Crippen LogP contribution in [0, 0.1) is 0 Å². The number of benzene rings is 2. The summed E-state index contributed by atoms with van der Waals surface area (Å²) >= 11 is 5.87. The smallest absolute Gasteiger partial charge is 0.271 e. The molecule has 0 fully saturated rings. The fourth-order valence-electron chi connectivity index (χ4n) is 2.67. The molecule has 4 rings (SSSR count). The van der Waals surface area contributed by atoms with Crippen molar-refractivity contribution in [1.29, 1.82) is 0 Å². The van der Waals surface area contributed by atoms with Crippen LogP contribution in [0.25, 0.3) is 11.6 Å². The lowest BCUT2D eigenvalue weighted by atomic mass is 10.0. The number of hydrogen-bond donors (Lipinski definition) is 2. The quantitative estimate of drug-likeness (QED) is 0.739. The van der Waals surface area contributed by atoms with E-state index in [2.05, 4.69) is 15.2 Å². The third-order valence-corrected chi connectivity index (χ3v) is 4.20. The van der Waals surface area contributed by atoms with Gasteiger partial charge in [0.1, 0.15) is 12.4 Å². The van der Waals surface area contributed by atoms with Crippen molar-refractivity contribution in [3.8, 4) is 5.75 Å². The van der Waals surface area contributed by atoms with Crippen molar-refractivity contribution >= 4 is 35.2 Å². The molecule has 2 heterocycles. The number of ether oxygens (including phenoxy) is 1. The Morgan fingerprint density at radius 2 is 1.88 bits per heavy atom. The Balaban J connectivity index is 1.61. The van der Waals surface area contributed by atoms with E-state index in [1.54, 1.807) is 30.5 Å². The Hall–Kier alpha value is -3.05. The molecule has 2 N–H and O–H groups in total. The molecule has 0 saturated carbocycles. The van der Waals surface area contributed by atoms with Crippen molar-refractivity contribution in [3.63, 3.8) is 0 Å². The molecule has 0 bridgehead atoms. The Kier molecular flexibility index (Phi) is 3.99. The van der Waals surface area contributed by atoms with Crippen molar-refractivity contribution < 1.29 is 4.74 Å². The summed E-state index contributed by atoms with van der Waals surface area (Å²) in [7, 11) is 0. The van der Waals surface area contributed by atoms with Crippen LogP contribution in [0.2, 0.25) is 5.02 Å². The summed E-state index contributed by atoms with van der Waals surface area (Å²) in [5, 5.41) is 6.13. The number of para-hydroxylation sites is 1. The molecule has 0 radical (unpaired) electrons. The lowest BCUT2D eigenvalue weighted by molar-refractivity contribution is 0.301. The number of aromatic nitrogens is 2. The van der Waals surface area contributed by atoms with Gasteiger partial charge in [-0.15, -0.1) is 0 Å². The van der Waals surface area contributed by atoms with Crippen molar-refractivity contribution in [2.24, 2.45) is 4.99 Å². The summed E-state index contributed by atoms with van der Waals surface area (Å²) in [6, 6.07) is 14.9. The summed E-state index contributed by atoms with van der Waals surface area (Å²) in [4.78, 5) is 16.5. The molecule has 5 nitrogen and oxygen atoms in total. The predicted octanol–water partition coefficient (Wildman–Crippen LogP) is 4.19. The van der Waals surface area contributed by atoms with E-state index in [0.29, 0.717) is 22.0 Å². The van der Waals surface area contributed by atoms with Crippen LogP contribution in [0.4, 0.5) is 5.69 Å². The van der Waals surface area contributed by atoms with Crippen molar-refractivity contribution in [1.82, 2.24) is 10.2 Å². The van der Waals surface area contributed by atoms with Gasteiger partial charge in [-0.05, 0) is 36.4 Å². The molecule has 3 aromatic rings. The molecule has 1 aliphatic heterocycles. The first-order valence-electron chi connectivity index (χ1n) is 7.74. The minimum Gasteiger partial charge on any atom is -0.487 e. The molecule has 25 heavy (non-hydrogen) atoms. The largest absolute Gasteiger partial charge is 0.487 e. The van der Waals surface area contributed by atoms with Gasteiger partial charge < -0.3 is 4.74 Å². The number of allylic oxidation sites excluding steroid dienone is 1. The number of hydrogen-bond acceptors (Lipinski definition) is 3. The molecule has 0 unspecified atom stereocenters. The monoisotopic (exact) mass is 351 g/mol. The molecule has 6 heteroatoms. The van der Waals surface area contributed by atoms with Gasteiger partial charge in [0.25, 0.3) is 5.56 Å².